The molecule has 2 aromatic heterocycles. The molecule has 132 valence electrons. The van der Waals surface area contributed by atoms with Crippen molar-refractivity contribution in [2.24, 2.45) is 0 Å². The molecule has 0 unspecified atom stereocenters. The van der Waals surface area contributed by atoms with Crippen molar-refractivity contribution < 1.29 is 14.3 Å². The van der Waals surface area contributed by atoms with Gasteiger partial charge in [-0.3, -0.25) is 4.79 Å². The second kappa shape index (κ2) is 7.60. The largest absolute Gasteiger partial charge is 0.461 e. The number of ether oxygens (including phenoxy) is 1. The lowest BCUT2D eigenvalue weighted by atomic mass is 10.2. The third-order valence-corrected chi connectivity index (χ3v) is 3.66. The predicted molar refractivity (Wildman–Crippen MR) is 96.9 cm³/mol. The Morgan fingerprint density at radius 2 is 1.88 bits per heavy atom. The van der Waals surface area contributed by atoms with E-state index in [1.807, 2.05) is 18.2 Å². The minimum Gasteiger partial charge on any atom is -0.461 e. The lowest BCUT2D eigenvalue weighted by Crippen LogP contribution is -2.19. The number of nitrogens with zero attached hydrogens (tertiary/aromatic N) is 2. The minimum atomic E-state index is -0.635. The van der Waals surface area contributed by atoms with E-state index in [-0.39, 0.29) is 24.0 Å². The van der Waals surface area contributed by atoms with E-state index in [1.165, 1.54) is 0 Å². The molecular formula is C19H18N4O3. The average molecular weight is 350 g/mol. The SMILES string of the molecule is CCOC(=O)c1nc(C)c(-c2ccc[nH]2)nc1NC(=O)c1ccccc1. The first-order chi connectivity index (χ1) is 12.6. The van der Waals surface area contributed by atoms with Gasteiger partial charge in [0, 0.05) is 11.8 Å². The van der Waals surface area contributed by atoms with Crippen molar-refractivity contribution in [1.82, 2.24) is 15.0 Å². The van der Waals surface area contributed by atoms with E-state index < -0.39 is 5.97 Å². The zero-order chi connectivity index (χ0) is 18.5. The summed E-state index contributed by atoms with van der Waals surface area (Å²) in [5.74, 6) is -0.955. The number of carbonyl (C=O) groups excluding carboxylic acids is 2. The highest BCUT2D eigenvalue weighted by atomic mass is 16.5. The van der Waals surface area contributed by atoms with Crippen LogP contribution in [-0.4, -0.2) is 33.4 Å². The topological polar surface area (TPSA) is 97.0 Å². The Labute approximate surface area is 150 Å². The number of anilines is 1. The van der Waals surface area contributed by atoms with Gasteiger partial charge in [-0.15, -0.1) is 0 Å². The molecule has 0 bridgehead atoms. The van der Waals surface area contributed by atoms with Crippen molar-refractivity contribution in [3.05, 3.63) is 65.6 Å². The van der Waals surface area contributed by atoms with Crippen LogP contribution in [0.5, 0.6) is 0 Å². The summed E-state index contributed by atoms with van der Waals surface area (Å²) < 4.78 is 5.04. The fourth-order valence-corrected chi connectivity index (χ4v) is 2.45. The van der Waals surface area contributed by atoms with Gasteiger partial charge in [-0.1, -0.05) is 18.2 Å². The first-order valence-corrected chi connectivity index (χ1v) is 8.16. The number of rotatable bonds is 5. The number of esters is 1. The Morgan fingerprint density at radius 1 is 1.12 bits per heavy atom. The van der Waals surface area contributed by atoms with Crippen LogP contribution in [0.3, 0.4) is 0 Å². The third kappa shape index (κ3) is 3.61. The smallest absolute Gasteiger partial charge is 0.360 e. The molecular weight excluding hydrogens is 332 g/mol. The lowest BCUT2D eigenvalue weighted by Gasteiger charge is -2.12. The van der Waals surface area contributed by atoms with Crippen LogP contribution in [-0.2, 0) is 4.74 Å². The van der Waals surface area contributed by atoms with Crippen LogP contribution in [0.25, 0.3) is 11.4 Å². The zero-order valence-corrected chi connectivity index (χ0v) is 14.4. The second-order valence-corrected chi connectivity index (χ2v) is 5.48. The zero-order valence-electron chi connectivity index (χ0n) is 14.4. The molecule has 3 aromatic rings. The van der Waals surface area contributed by atoms with Crippen molar-refractivity contribution >= 4 is 17.7 Å². The average Bonchev–Trinajstić information content (AvgIpc) is 3.18. The van der Waals surface area contributed by atoms with Crippen LogP contribution < -0.4 is 5.32 Å². The van der Waals surface area contributed by atoms with E-state index in [0.29, 0.717) is 17.0 Å². The number of amides is 1. The summed E-state index contributed by atoms with van der Waals surface area (Å²) in [4.78, 5) is 36.6. The monoisotopic (exact) mass is 350 g/mol. The van der Waals surface area contributed by atoms with Crippen LogP contribution in [0.1, 0.15) is 33.5 Å². The van der Waals surface area contributed by atoms with Gasteiger partial charge in [-0.2, -0.15) is 0 Å². The summed E-state index contributed by atoms with van der Waals surface area (Å²) in [6.07, 6.45) is 1.76. The highest BCUT2D eigenvalue weighted by Gasteiger charge is 2.22. The van der Waals surface area contributed by atoms with E-state index in [4.69, 9.17) is 4.74 Å². The molecule has 0 saturated carbocycles. The molecule has 0 saturated heterocycles. The van der Waals surface area contributed by atoms with Gasteiger partial charge in [0.15, 0.2) is 11.5 Å². The molecule has 0 aliphatic carbocycles. The Hall–Kier alpha value is -3.48. The molecule has 7 heteroatoms. The van der Waals surface area contributed by atoms with Crippen molar-refractivity contribution in [3.63, 3.8) is 0 Å². The van der Waals surface area contributed by atoms with Gasteiger partial charge in [0.1, 0.15) is 5.69 Å². The van der Waals surface area contributed by atoms with Crippen LogP contribution in [0, 0.1) is 6.92 Å². The molecule has 0 fully saturated rings. The number of hydrogen-bond donors (Lipinski definition) is 2. The van der Waals surface area contributed by atoms with E-state index in [1.54, 1.807) is 44.3 Å². The van der Waals surface area contributed by atoms with E-state index in [2.05, 4.69) is 20.3 Å². The Balaban J connectivity index is 2.03. The van der Waals surface area contributed by atoms with E-state index in [9.17, 15) is 9.59 Å². The number of aromatic nitrogens is 3. The number of aromatic amines is 1. The van der Waals surface area contributed by atoms with Crippen LogP contribution in [0.4, 0.5) is 5.82 Å². The highest BCUT2D eigenvalue weighted by Crippen LogP contribution is 2.23. The van der Waals surface area contributed by atoms with Gasteiger partial charge >= 0.3 is 5.97 Å². The normalized spacial score (nSPS) is 10.4. The standard InChI is InChI=1S/C19H18N4O3/c1-3-26-19(25)16-17(23-18(24)13-8-5-4-6-9-13)22-15(12(2)21-16)14-10-7-11-20-14/h4-11,20H,3H2,1-2H3,(H,22,23,24). The van der Waals surface area contributed by atoms with Crippen molar-refractivity contribution in [2.75, 3.05) is 11.9 Å². The molecule has 2 N–H and O–H groups in total. The van der Waals surface area contributed by atoms with Gasteiger partial charge in [-0.25, -0.2) is 14.8 Å². The van der Waals surface area contributed by atoms with Gasteiger partial charge in [0.05, 0.1) is 18.0 Å². The molecule has 0 aliphatic heterocycles. The molecule has 26 heavy (non-hydrogen) atoms. The molecule has 2 heterocycles. The molecule has 0 spiro atoms. The summed E-state index contributed by atoms with van der Waals surface area (Å²) in [6, 6.07) is 12.3. The van der Waals surface area contributed by atoms with Crippen molar-refractivity contribution in [1.29, 1.82) is 0 Å². The van der Waals surface area contributed by atoms with E-state index >= 15 is 0 Å². The molecule has 7 nitrogen and oxygen atoms in total. The Bertz CT molecular complexity index is 921. The number of H-pyrrole nitrogens is 1. The number of nitrogens with one attached hydrogen (secondary N) is 2. The minimum absolute atomic E-state index is 0.0241. The molecule has 0 atom stereocenters. The summed E-state index contributed by atoms with van der Waals surface area (Å²) in [5, 5.41) is 2.67. The summed E-state index contributed by atoms with van der Waals surface area (Å²) in [7, 11) is 0. The Kier molecular flexibility index (Phi) is 5.07. The lowest BCUT2D eigenvalue weighted by molar-refractivity contribution is 0.0520. The molecule has 3 rings (SSSR count). The fourth-order valence-electron chi connectivity index (χ4n) is 2.45. The first kappa shape index (κ1) is 17.3. The quantitative estimate of drug-likeness (QED) is 0.689. The molecule has 0 aliphatic rings. The predicted octanol–water partition coefficient (Wildman–Crippen LogP) is 3.21. The van der Waals surface area contributed by atoms with Crippen LogP contribution >= 0.6 is 0 Å². The van der Waals surface area contributed by atoms with Crippen molar-refractivity contribution in [3.8, 4) is 11.4 Å². The molecule has 0 radical (unpaired) electrons. The number of aryl methyl sites for hydroxylation is 1. The van der Waals surface area contributed by atoms with Crippen LogP contribution in [0.2, 0.25) is 0 Å². The fraction of sp³-hybridized carbons (Fsp3) is 0.158. The Morgan fingerprint density at radius 3 is 2.54 bits per heavy atom. The van der Waals surface area contributed by atoms with Crippen LogP contribution in [0.15, 0.2) is 48.7 Å². The number of benzene rings is 1. The molecule has 1 aromatic carbocycles. The number of hydrogen-bond acceptors (Lipinski definition) is 5. The van der Waals surface area contributed by atoms with E-state index in [0.717, 1.165) is 5.69 Å². The van der Waals surface area contributed by atoms with Gasteiger partial charge < -0.3 is 15.0 Å². The number of carbonyl (C=O) groups is 2. The third-order valence-electron chi connectivity index (χ3n) is 3.66. The maximum absolute atomic E-state index is 12.5. The van der Waals surface area contributed by atoms with Gasteiger partial charge in [0.25, 0.3) is 5.91 Å². The highest BCUT2D eigenvalue weighted by molar-refractivity contribution is 6.06. The summed E-state index contributed by atoms with van der Waals surface area (Å²) in [6.45, 7) is 3.65. The van der Waals surface area contributed by atoms with Crippen molar-refractivity contribution in [2.45, 2.75) is 13.8 Å². The maximum Gasteiger partial charge on any atom is 0.360 e. The summed E-state index contributed by atoms with van der Waals surface area (Å²) in [5.41, 5.74) is 2.26. The maximum atomic E-state index is 12.5. The first-order valence-electron chi connectivity index (χ1n) is 8.16. The molecule has 1 amide bonds. The van der Waals surface area contributed by atoms with Gasteiger partial charge in [-0.05, 0) is 38.1 Å². The summed E-state index contributed by atoms with van der Waals surface area (Å²) >= 11 is 0. The van der Waals surface area contributed by atoms with Gasteiger partial charge in [0.2, 0.25) is 0 Å². The second-order valence-electron chi connectivity index (χ2n) is 5.48.